The Bertz CT molecular complexity index is 543. The Morgan fingerprint density at radius 3 is 2.70 bits per heavy atom. The molecule has 0 bridgehead atoms. The van der Waals surface area contributed by atoms with E-state index in [4.69, 9.17) is 11.6 Å². The standard InChI is InChI=1S/C16H20ClN3/c1-3-20(12-14-8-4-5-10-19-14)16-13(11-18-2)7-6-9-15(16)17/h4-10,18H,3,11-12H2,1-2H3. The van der Waals surface area contributed by atoms with Crippen molar-refractivity contribution >= 4 is 17.3 Å². The number of anilines is 1. The van der Waals surface area contributed by atoms with Gasteiger partial charge < -0.3 is 10.2 Å². The number of rotatable bonds is 6. The molecule has 2 rings (SSSR count). The highest BCUT2D eigenvalue weighted by Crippen LogP contribution is 2.30. The van der Waals surface area contributed by atoms with Gasteiger partial charge >= 0.3 is 0 Å². The zero-order valence-electron chi connectivity index (χ0n) is 11.9. The van der Waals surface area contributed by atoms with Gasteiger partial charge in [-0.1, -0.05) is 29.8 Å². The summed E-state index contributed by atoms with van der Waals surface area (Å²) in [6.45, 7) is 4.58. The van der Waals surface area contributed by atoms with Crippen LogP contribution in [0.1, 0.15) is 18.2 Å². The van der Waals surface area contributed by atoms with Crippen LogP contribution in [0, 0.1) is 0 Å². The Morgan fingerprint density at radius 1 is 1.20 bits per heavy atom. The number of hydrogen-bond donors (Lipinski definition) is 1. The number of aromatic nitrogens is 1. The molecule has 0 saturated carbocycles. The molecular formula is C16H20ClN3. The number of nitrogens with zero attached hydrogens (tertiary/aromatic N) is 2. The molecule has 0 amide bonds. The SMILES string of the molecule is CCN(Cc1ccccn1)c1c(Cl)cccc1CNC. The maximum Gasteiger partial charge on any atom is 0.0643 e. The van der Waals surface area contributed by atoms with Gasteiger partial charge in [-0.15, -0.1) is 0 Å². The normalized spacial score (nSPS) is 10.6. The Kier molecular flexibility index (Phi) is 5.39. The van der Waals surface area contributed by atoms with E-state index in [1.54, 1.807) is 0 Å². The van der Waals surface area contributed by atoms with E-state index in [1.807, 2.05) is 43.6 Å². The lowest BCUT2D eigenvalue weighted by atomic mass is 10.1. The first-order valence-corrected chi connectivity index (χ1v) is 7.21. The predicted molar refractivity (Wildman–Crippen MR) is 85.2 cm³/mol. The van der Waals surface area contributed by atoms with Crippen molar-refractivity contribution in [2.75, 3.05) is 18.5 Å². The summed E-state index contributed by atoms with van der Waals surface area (Å²) in [5.41, 5.74) is 3.35. The van der Waals surface area contributed by atoms with Crippen LogP contribution in [0.3, 0.4) is 0 Å². The van der Waals surface area contributed by atoms with Gasteiger partial charge in [0.15, 0.2) is 0 Å². The second-order valence-electron chi connectivity index (χ2n) is 4.61. The van der Waals surface area contributed by atoms with Crippen LogP contribution in [-0.2, 0) is 13.1 Å². The van der Waals surface area contributed by atoms with Crippen LogP contribution in [0.15, 0.2) is 42.6 Å². The molecule has 1 aromatic heterocycles. The summed E-state index contributed by atoms with van der Waals surface area (Å²) in [4.78, 5) is 6.66. The van der Waals surface area contributed by atoms with Crippen molar-refractivity contribution in [2.24, 2.45) is 0 Å². The zero-order chi connectivity index (χ0) is 14.4. The van der Waals surface area contributed by atoms with E-state index >= 15 is 0 Å². The highest BCUT2D eigenvalue weighted by atomic mass is 35.5. The highest BCUT2D eigenvalue weighted by Gasteiger charge is 2.14. The third kappa shape index (κ3) is 3.50. The molecule has 0 aliphatic carbocycles. The van der Waals surface area contributed by atoms with Crippen molar-refractivity contribution in [3.8, 4) is 0 Å². The lowest BCUT2D eigenvalue weighted by molar-refractivity contribution is 0.775. The maximum absolute atomic E-state index is 6.42. The number of benzene rings is 1. The molecule has 0 aliphatic heterocycles. The number of nitrogens with one attached hydrogen (secondary N) is 1. The van der Waals surface area contributed by atoms with Gasteiger partial charge in [-0.05, 0) is 37.7 Å². The van der Waals surface area contributed by atoms with Gasteiger partial charge in [-0.3, -0.25) is 4.98 Å². The second-order valence-corrected chi connectivity index (χ2v) is 5.02. The summed E-state index contributed by atoms with van der Waals surface area (Å²) in [6.07, 6.45) is 1.82. The third-order valence-corrected chi connectivity index (χ3v) is 3.52. The Labute approximate surface area is 125 Å². The van der Waals surface area contributed by atoms with Gasteiger partial charge in [-0.25, -0.2) is 0 Å². The molecule has 1 N–H and O–H groups in total. The average molecular weight is 290 g/mol. The predicted octanol–water partition coefficient (Wildman–Crippen LogP) is 3.48. The van der Waals surface area contributed by atoms with E-state index in [2.05, 4.69) is 28.2 Å². The second kappa shape index (κ2) is 7.27. The van der Waals surface area contributed by atoms with Gasteiger partial charge in [0.1, 0.15) is 0 Å². The summed E-state index contributed by atoms with van der Waals surface area (Å²) < 4.78 is 0. The quantitative estimate of drug-likeness (QED) is 0.882. The fraction of sp³-hybridized carbons (Fsp3) is 0.312. The van der Waals surface area contributed by atoms with Crippen molar-refractivity contribution < 1.29 is 0 Å². The number of halogens is 1. The summed E-state index contributed by atoms with van der Waals surface area (Å²) in [5.74, 6) is 0. The van der Waals surface area contributed by atoms with Gasteiger partial charge in [0, 0.05) is 19.3 Å². The molecule has 0 unspecified atom stereocenters. The molecule has 2 aromatic rings. The van der Waals surface area contributed by atoms with Crippen molar-refractivity contribution in [3.05, 3.63) is 58.9 Å². The van der Waals surface area contributed by atoms with E-state index in [9.17, 15) is 0 Å². The van der Waals surface area contributed by atoms with Crippen LogP contribution in [0.4, 0.5) is 5.69 Å². The first kappa shape index (κ1) is 14.8. The van der Waals surface area contributed by atoms with Crippen molar-refractivity contribution in [1.29, 1.82) is 0 Å². The van der Waals surface area contributed by atoms with Crippen molar-refractivity contribution in [2.45, 2.75) is 20.0 Å². The molecule has 4 heteroatoms. The molecule has 0 radical (unpaired) electrons. The van der Waals surface area contributed by atoms with Crippen LogP contribution in [0.2, 0.25) is 5.02 Å². The van der Waals surface area contributed by atoms with Gasteiger partial charge in [0.25, 0.3) is 0 Å². The monoisotopic (exact) mass is 289 g/mol. The molecule has 0 atom stereocenters. The minimum Gasteiger partial charge on any atom is -0.364 e. The number of pyridine rings is 1. The van der Waals surface area contributed by atoms with Crippen LogP contribution in [0.5, 0.6) is 0 Å². The van der Waals surface area contributed by atoms with Crippen LogP contribution >= 0.6 is 11.6 Å². The van der Waals surface area contributed by atoms with Crippen LogP contribution in [0.25, 0.3) is 0 Å². The smallest absolute Gasteiger partial charge is 0.0643 e. The molecule has 0 aliphatic rings. The van der Waals surface area contributed by atoms with E-state index in [0.29, 0.717) is 0 Å². The Balaban J connectivity index is 2.31. The van der Waals surface area contributed by atoms with E-state index < -0.39 is 0 Å². The van der Waals surface area contributed by atoms with Gasteiger partial charge in [0.2, 0.25) is 0 Å². The first-order chi connectivity index (χ1) is 9.76. The highest BCUT2D eigenvalue weighted by molar-refractivity contribution is 6.33. The third-order valence-electron chi connectivity index (χ3n) is 3.21. The first-order valence-electron chi connectivity index (χ1n) is 6.83. The fourth-order valence-corrected chi connectivity index (χ4v) is 2.60. The molecular weight excluding hydrogens is 270 g/mol. The van der Waals surface area contributed by atoms with Crippen LogP contribution < -0.4 is 10.2 Å². The number of para-hydroxylation sites is 1. The minimum absolute atomic E-state index is 0.762. The summed E-state index contributed by atoms with van der Waals surface area (Å²) in [6, 6.07) is 12.0. The Morgan fingerprint density at radius 2 is 2.05 bits per heavy atom. The summed E-state index contributed by atoms with van der Waals surface area (Å²) >= 11 is 6.42. The van der Waals surface area contributed by atoms with E-state index in [0.717, 1.165) is 36.0 Å². The molecule has 0 fully saturated rings. The van der Waals surface area contributed by atoms with E-state index in [1.165, 1.54) is 5.56 Å². The average Bonchev–Trinajstić information content (AvgIpc) is 2.47. The van der Waals surface area contributed by atoms with Crippen LogP contribution in [-0.4, -0.2) is 18.6 Å². The Hall–Kier alpha value is -1.58. The van der Waals surface area contributed by atoms with Gasteiger partial charge in [-0.2, -0.15) is 0 Å². The summed E-state index contributed by atoms with van der Waals surface area (Å²) in [7, 11) is 1.94. The minimum atomic E-state index is 0.762. The van der Waals surface area contributed by atoms with E-state index in [-0.39, 0.29) is 0 Å². The maximum atomic E-state index is 6.42. The topological polar surface area (TPSA) is 28.2 Å². The summed E-state index contributed by atoms with van der Waals surface area (Å²) in [5, 5.41) is 3.98. The molecule has 20 heavy (non-hydrogen) atoms. The number of hydrogen-bond acceptors (Lipinski definition) is 3. The lowest BCUT2D eigenvalue weighted by Crippen LogP contribution is -2.25. The van der Waals surface area contributed by atoms with Crippen molar-refractivity contribution in [1.82, 2.24) is 10.3 Å². The molecule has 0 saturated heterocycles. The zero-order valence-corrected chi connectivity index (χ0v) is 12.7. The van der Waals surface area contributed by atoms with Gasteiger partial charge in [0.05, 0.1) is 22.9 Å². The molecule has 106 valence electrons. The fourth-order valence-electron chi connectivity index (χ4n) is 2.28. The van der Waals surface area contributed by atoms with Crippen molar-refractivity contribution in [3.63, 3.8) is 0 Å². The molecule has 1 aromatic carbocycles. The lowest BCUT2D eigenvalue weighted by Gasteiger charge is -2.26. The molecule has 0 spiro atoms. The molecule has 3 nitrogen and oxygen atoms in total. The molecule has 1 heterocycles. The largest absolute Gasteiger partial charge is 0.364 e.